The SMILES string of the molecule is Cc1ccc(C(=O)Nc2scc(-c3ccccc3)c2C(=O)N2CC[NH+](C)CC2)cc1. The number of nitrogens with one attached hydrogen (secondary N) is 2. The number of hydrogen-bond acceptors (Lipinski definition) is 3. The summed E-state index contributed by atoms with van der Waals surface area (Å²) in [6.45, 7) is 5.30. The number of quaternary nitrogens is 1. The number of thiophene rings is 1. The van der Waals surface area contributed by atoms with Crippen molar-refractivity contribution in [2.45, 2.75) is 6.92 Å². The zero-order valence-corrected chi connectivity index (χ0v) is 18.1. The standard InChI is InChI=1S/C24H25N3O2S/c1-17-8-10-19(11-9-17)22(28)25-23-21(24(29)27-14-12-26(2)13-15-27)20(16-30-23)18-6-4-3-5-7-18/h3-11,16H,12-15H2,1-2H3,(H,25,28)/p+1. The third kappa shape index (κ3) is 4.30. The number of carbonyl (C=O) groups excluding carboxylic acids is 2. The molecule has 0 unspecified atom stereocenters. The number of anilines is 1. The maximum Gasteiger partial charge on any atom is 0.257 e. The van der Waals surface area contributed by atoms with Crippen molar-refractivity contribution in [2.75, 3.05) is 38.5 Å². The van der Waals surface area contributed by atoms with Crippen LogP contribution in [0.15, 0.2) is 60.0 Å². The Bertz CT molecular complexity index is 1040. The Hall–Kier alpha value is -2.96. The summed E-state index contributed by atoms with van der Waals surface area (Å²) in [6, 6.07) is 17.3. The van der Waals surface area contributed by atoms with Gasteiger partial charge in [0.25, 0.3) is 11.8 Å². The number of rotatable bonds is 4. The van der Waals surface area contributed by atoms with Gasteiger partial charge in [0.1, 0.15) is 5.00 Å². The molecule has 1 aliphatic heterocycles. The summed E-state index contributed by atoms with van der Waals surface area (Å²) >= 11 is 1.41. The highest BCUT2D eigenvalue weighted by Crippen LogP contribution is 2.36. The topological polar surface area (TPSA) is 53.9 Å². The highest BCUT2D eigenvalue weighted by Gasteiger charge is 2.28. The quantitative estimate of drug-likeness (QED) is 0.682. The molecule has 1 aliphatic rings. The maximum absolute atomic E-state index is 13.5. The van der Waals surface area contributed by atoms with Crippen LogP contribution in [0.4, 0.5) is 5.00 Å². The molecule has 0 spiro atoms. The fourth-order valence-electron chi connectivity index (χ4n) is 3.62. The smallest absolute Gasteiger partial charge is 0.257 e. The van der Waals surface area contributed by atoms with E-state index in [4.69, 9.17) is 0 Å². The van der Waals surface area contributed by atoms with Crippen LogP contribution >= 0.6 is 11.3 Å². The molecular weight excluding hydrogens is 394 g/mol. The molecule has 2 heterocycles. The molecule has 2 N–H and O–H groups in total. The lowest BCUT2D eigenvalue weighted by Gasteiger charge is -2.30. The van der Waals surface area contributed by atoms with Crippen molar-refractivity contribution >= 4 is 28.2 Å². The van der Waals surface area contributed by atoms with E-state index in [2.05, 4.69) is 12.4 Å². The molecule has 30 heavy (non-hydrogen) atoms. The lowest BCUT2D eigenvalue weighted by Crippen LogP contribution is -3.12. The molecule has 2 amide bonds. The fraction of sp³-hybridized carbons (Fsp3) is 0.250. The lowest BCUT2D eigenvalue weighted by atomic mass is 10.0. The first-order chi connectivity index (χ1) is 14.5. The van der Waals surface area contributed by atoms with Crippen molar-refractivity contribution in [3.05, 3.63) is 76.7 Å². The highest BCUT2D eigenvalue weighted by atomic mass is 32.1. The summed E-state index contributed by atoms with van der Waals surface area (Å²) in [6.07, 6.45) is 0. The molecule has 0 saturated carbocycles. The second-order valence-electron chi connectivity index (χ2n) is 7.79. The van der Waals surface area contributed by atoms with Crippen LogP contribution in [0.1, 0.15) is 26.3 Å². The van der Waals surface area contributed by atoms with Crippen LogP contribution in [0.2, 0.25) is 0 Å². The van der Waals surface area contributed by atoms with Gasteiger partial charge in [0.15, 0.2) is 0 Å². The number of amides is 2. The number of carbonyl (C=O) groups is 2. The van der Waals surface area contributed by atoms with Crippen LogP contribution in [0.3, 0.4) is 0 Å². The number of nitrogens with zero attached hydrogens (tertiary/aromatic N) is 1. The minimum absolute atomic E-state index is 0.0122. The molecule has 0 atom stereocenters. The van der Waals surface area contributed by atoms with E-state index in [9.17, 15) is 9.59 Å². The Kier molecular flexibility index (Phi) is 5.97. The van der Waals surface area contributed by atoms with E-state index in [1.54, 1.807) is 12.1 Å². The van der Waals surface area contributed by atoms with E-state index in [0.717, 1.165) is 42.9 Å². The Morgan fingerprint density at radius 3 is 2.33 bits per heavy atom. The van der Waals surface area contributed by atoms with Gasteiger partial charge in [-0.2, -0.15) is 0 Å². The van der Waals surface area contributed by atoms with Gasteiger partial charge in [-0.05, 0) is 24.6 Å². The van der Waals surface area contributed by atoms with Crippen molar-refractivity contribution in [3.8, 4) is 11.1 Å². The highest BCUT2D eigenvalue weighted by molar-refractivity contribution is 7.15. The second-order valence-corrected chi connectivity index (χ2v) is 8.67. The maximum atomic E-state index is 13.5. The van der Waals surface area contributed by atoms with Crippen molar-refractivity contribution in [1.29, 1.82) is 0 Å². The monoisotopic (exact) mass is 420 g/mol. The van der Waals surface area contributed by atoms with E-state index in [1.165, 1.54) is 16.2 Å². The predicted octanol–water partition coefficient (Wildman–Crippen LogP) is 2.95. The van der Waals surface area contributed by atoms with Gasteiger partial charge in [-0.15, -0.1) is 11.3 Å². The summed E-state index contributed by atoms with van der Waals surface area (Å²) in [5, 5.41) is 5.57. The Balaban J connectivity index is 1.68. The average molecular weight is 421 g/mol. The summed E-state index contributed by atoms with van der Waals surface area (Å²) in [4.78, 5) is 29.7. The van der Waals surface area contributed by atoms with Crippen LogP contribution in [0.25, 0.3) is 11.1 Å². The van der Waals surface area contributed by atoms with Crippen LogP contribution in [-0.2, 0) is 0 Å². The molecule has 3 aromatic rings. The second kappa shape index (κ2) is 8.81. The van der Waals surface area contributed by atoms with Crippen molar-refractivity contribution < 1.29 is 14.5 Å². The van der Waals surface area contributed by atoms with Gasteiger partial charge in [-0.3, -0.25) is 9.59 Å². The molecule has 4 rings (SSSR count). The summed E-state index contributed by atoms with van der Waals surface area (Å²) in [5.74, 6) is -0.213. The normalized spacial score (nSPS) is 14.5. The van der Waals surface area contributed by atoms with Gasteiger partial charge in [-0.25, -0.2) is 0 Å². The summed E-state index contributed by atoms with van der Waals surface area (Å²) in [5.41, 5.74) is 4.12. The van der Waals surface area contributed by atoms with E-state index in [1.807, 2.05) is 59.7 Å². The van der Waals surface area contributed by atoms with Gasteiger partial charge in [0.05, 0.1) is 38.8 Å². The molecule has 1 saturated heterocycles. The van der Waals surface area contributed by atoms with Gasteiger partial charge in [0.2, 0.25) is 0 Å². The van der Waals surface area contributed by atoms with Crippen molar-refractivity contribution in [3.63, 3.8) is 0 Å². The number of likely N-dealkylation sites (N-methyl/N-ethyl adjacent to an activating group) is 1. The van der Waals surface area contributed by atoms with Gasteiger partial charge < -0.3 is 15.1 Å². The molecule has 0 bridgehead atoms. The molecule has 5 nitrogen and oxygen atoms in total. The predicted molar refractivity (Wildman–Crippen MR) is 121 cm³/mol. The minimum Gasteiger partial charge on any atom is -0.334 e. The van der Waals surface area contributed by atoms with E-state index < -0.39 is 0 Å². The molecule has 1 fully saturated rings. The van der Waals surface area contributed by atoms with E-state index in [-0.39, 0.29) is 11.8 Å². The lowest BCUT2D eigenvalue weighted by molar-refractivity contribution is -0.883. The average Bonchev–Trinajstić information content (AvgIpc) is 3.18. The number of piperazine rings is 1. The zero-order valence-electron chi connectivity index (χ0n) is 17.3. The van der Waals surface area contributed by atoms with Crippen LogP contribution in [-0.4, -0.2) is 49.9 Å². The van der Waals surface area contributed by atoms with Gasteiger partial charge in [-0.1, -0.05) is 48.0 Å². The molecule has 0 aliphatic carbocycles. The van der Waals surface area contributed by atoms with Crippen LogP contribution in [0, 0.1) is 6.92 Å². The molecule has 6 heteroatoms. The summed E-state index contributed by atoms with van der Waals surface area (Å²) in [7, 11) is 2.15. The Labute approximate surface area is 180 Å². The van der Waals surface area contributed by atoms with Crippen LogP contribution < -0.4 is 10.2 Å². The molecule has 154 valence electrons. The first kappa shape index (κ1) is 20.3. The van der Waals surface area contributed by atoms with Gasteiger partial charge in [0, 0.05) is 16.5 Å². The van der Waals surface area contributed by atoms with Crippen molar-refractivity contribution in [1.82, 2.24) is 4.90 Å². The first-order valence-electron chi connectivity index (χ1n) is 10.2. The Morgan fingerprint density at radius 1 is 1.00 bits per heavy atom. The zero-order chi connectivity index (χ0) is 21.1. The molecular formula is C24H26N3O2S+. The van der Waals surface area contributed by atoms with E-state index >= 15 is 0 Å². The number of benzene rings is 2. The largest absolute Gasteiger partial charge is 0.334 e. The molecule has 2 aromatic carbocycles. The van der Waals surface area contributed by atoms with Crippen molar-refractivity contribution in [2.24, 2.45) is 0 Å². The third-order valence-electron chi connectivity index (χ3n) is 5.53. The minimum atomic E-state index is -0.201. The third-order valence-corrected chi connectivity index (χ3v) is 6.43. The first-order valence-corrected chi connectivity index (χ1v) is 11.1. The molecule has 0 radical (unpaired) electrons. The number of hydrogen-bond donors (Lipinski definition) is 2. The Morgan fingerprint density at radius 2 is 1.67 bits per heavy atom. The molecule has 1 aromatic heterocycles. The van der Waals surface area contributed by atoms with Gasteiger partial charge >= 0.3 is 0 Å². The fourth-order valence-corrected chi connectivity index (χ4v) is 4.58. The van der Waals surface area contributed by atoms with E-state index in [0.29, 0.717) is 16.1 Å². The number of aryl methyl sites for hydroxylation is 1. The summed E-state index contributed by atoms with van der Waals surface area (Å²) < 4.78 is 0. The van der Waals surface area contributed by atoms with Crippen LogP contribution in [0.5, 0.6) is 0 Å².